The maximum Gasteiger partial charge on any atom is 0.331 e. The number of carbonyl (C=O) groups excluding carboxylic acids is 1. The summed E-state index contributed by atoms with van der Waals surface area (Å²) in [5.74, 6) is -0.259. The van der Waals surface area contributed by atoms with E-state index in [0.29, 0.717) is 29.2 Å². The van der Waals surface area contributed by atoms with Crippen LogP contribution in [-0.2, 0) is 14.3 Å². The van der Waals surface area contributed by atoms with Gasteiger partial charge in [-0.15, -0.1) is 0 Å². The minimum atomic E-state index is -1.37. The number of benzene rings is 1. The van der Waals surface area contributed by atoms with Crippen molar-refractivity contribution in [1.29, 1.82) is 0 Å². The topological polar surface area (TPSA) is 94.1 Å². The van der Waals surface area contributed by atoms with Crippen molar-refractivity contribution in [2.75, 3.05) is 26.9 Å². The van der Waals surface area contributed by atoms with Gasteiger partial charge in [0.2, 0.25) is 0 Å². The molecule has 0 spiro atoms. The van der Waals surface area contributed by atoms with E-state index in [9.17, 15) is 14.7 Å². The summed E-state index contributed by atoms with van der Waals surface area (Å²) in [6.07, 6.45) is 1.93. The molecular formula is C16H17NO6. The highest BCUT2D eigenvalue weighted by atomic mass is 16.5. The third kappa shape index (κ3) is 2.87. The number of carboxylic acid groups (broad SMARTS) is 1. The average molecular weight is 319 g/mol. The van der Waals surface area contributed by atoms with Crippen LogP contribution in [0.15, 0.2) is 23.8 Å². The Kier molecular flexibility index (Phi) is 3.96. The van der Waals surface area contributed by atoms with Crippen molar-refractivity contribution in [3.63, 3.8) is 0 Å². The van der Waals surface area contributed by atoms with Crippen molar-refractivity contribution in [3.8, 4) is 11.5 Å². The van der Waals surface area contributed by atoms with Crippen LogP contribution in [0.1, 0.15) is 12.0 Å². The Hall–Kier alpha value is -2.54. The van der Waals surface area contributed by atoms with E-state index in [1.807, 2.05) is 0 Å². The summed E-state index contributed by atoms with van der Waals surface area (Å²) < 4.78 is 15.8. The average Bonchev–Trinajstić information content (AvgIpc) is 3.03. The third-order valence-corrected chi connectivity index (χ3v) is 4.01. The van der Waals surface area contributed by atoms with Gasteiger partial charge in [-0.1, -0.05) is 0 Å². The van der Waals surface area contributed by atoms with Crippen molar-refractivity contribution < 1.29 is 28.9 Å². The molecule has 0 aliphatic carbocycles. The molecule has 0 bridgehead atoms. The van der Waals surface area contributed by atoms with Crippen LogP contribution in [0.4, 0.5) is 0 Å². The van der Waals surface area contributed by atoms with E-state index in [4.69, 9.17) is 14.2 Å². The Balaban J connectivity index is 1.82. The molecular weight excluding hydrogens is 302 g/mol. The van der Waals surface area contributed by atoms with Crippen LogP contribution in [0.25, 0.3) is 6.08 Å². The fraction of sp³-hybridized carbons (Fsp3) is 0.375. The first-order valence-electron chi connectivity index (χ1n) is 7.19. The predicted octanol–water partition coefficient (Wildman–Crippen LogP) is 0.831. The highest BCUT2D eigenvalue weighted by Crippen LogP contribution is 2.30. The molecule has 2 aliphatic heterocycles. The van der Waals surface area contributed by atoms with E-state index in [2.05, 4.69) is 5.32 Å². The fourth-order valence-electron chi connectivity index (χ4n) is 2.60. The van der Waals surface area contributed by atoms with Gasteiger partial charge in [0, 0.05) is 18.6 Å². The molecule has 1 saturated heterocycles. The van der Waals surface area contributed by atoms with Gasteiger partial charge < -0.3 is 24.6 Å². The maximum absolute atomic E-state index is 12.4. The first-order chi connectivity index (χ1) is 11.0. The van der Waals surface area contributed by atoms with Crippen LogP contribution in [0.2, 0.25) is 0 Å². The summed E-state index contributed by atoms with van der Waals surface area (Å²) >= 11 is 0. The lowest BCUT2D eigenvalue weighted by Gasteiger charge is -2.25. The summed E-state index contributed by atoms with van der Waals surface area (Å²) in [6.45, 7) is 0.358. The van der Waals surface area contributed by atoms with Gasteiger partial charge in [-0.05, 0) is 24.3 Å². The minimum absolute atomic E-state index is 0.0351. The molecule has 1 amide bonds. The number of hydrogen-bond donors (Lipinski definition) is 2. The number of hydrogen-bond acceptors (Lipinski definition) is 5. The number of fused-ring (bicyclic) bond motifs is 1. The molecule has 2 aliphatic rings. The zero-order valence-electron chi connectivity index (χ0n) is 12.6. The van der Waals surface area contributed by atoms with Crippen LogP contribution in [0.5, 0.6) is 11.5 Å². The number of carboxylic acids is 1. The summed E-state index contributed by atoms with van der Waals surface area (Å²) in [4.78, 5) is 23.9. The Bertz CT molecular complexity index is 675. The van der Waals surface area contributed by atoms with Gasteiger partial charge in [-0.25, -0.2) is 4.79 Å². The monoisotopic (exact) mass is 319 g/mol. The summed E-state index contributed by atoms with van der Waals surface area (Å²) in [6, 6.07) is 5.29. The van der Waals surface area contributed by atoms with Crippen LogP contribution in [0.3, 0.4) is 0 Å². The molecule has 122 valence electrons. The molecule has 0 aromatic heterocycles. The SMILES string of the molecule is COc1ccc2c(c1)C=C(C(=O)NC1(C(=O)O)CCOC1)CO2. The standard InChI is InChI=1S/C16H17NO6/c1-21-12-2-3-13-10(7-12)6-11(8-23-13)14(18)17-16(15(19)20)4-5-22-9-16/h2-3,6-7H,4-5,8-9H2,1H3,(H,17,18)(H,19,20). The van der Waals surface area contributed by atoms with Crippen molar-refractivity contribution in [3.05, 3.63) is 29.3 Å². The number of amides is 1. The second kappa shape index (κ2) is 5.92. The molecule has 1 aromatic carbocycles. The van der Waals surface area contributed by atoms with E-state index in [1.54, 1.807) is 31.4 Å². The zero-order valence-corrected chi connectivity index (χ0v) is 12.6. The Morgan fingerprint density at radius 3 is 2.87 bits per heavy atom. The summed E-state index contributed by atoms with van der Waals surface area (Å²) in [5, 5.41) is 12.0. The molecule has 23 heavy (non-hydrogen) atoms. The maximum atomic E-state index is 12.4. The highest BCUT2D eigenvalue weighted by Gasteiger charge is 2.44. The van der Waals surface area contributed by atoms with Crippen molar-refractivity contribution in [2.24, 2.45) is 0 Å². The molecule has 7 heteroatoms. The number of rotatable bonds is 4. The molecule has 1 unspecified atom stereocenters. The predicted molar refractivity (Wildman–Crippen MR) is 80.4 cm³/mol. The van der Waals surface area contributed by atoms with Crippen LogP contribution in [0, 0.1) is 0 Å². The lowest BCUT2D eigenvalue weighted by atomic mass is 9.97. The van der Waals surface area contributed by atoms with Gasteiger partial charge in [-0.3, -0.25) is 4.79 Å². The quantitative estimate of drug-likeness (QED) is 0.854. The zero-order chi connectivity index (χ0) is 16.4. The van der Waals surface area contributed by atoms with Crippen LogP contribution < -0.4 is 14.8 Å². The minimum Gasteiger partial charge on any atom is -0.497 e. The summed E-state index contributed by atoms with van der Waals surface area (Å²) in [7, 11) is 1.56. The summed E-state index contributed by atoms with van der Waals surface area (Å²) in [5.41, 5.74) is -0.293. The van der Waals surface area contributed by atoms with Gasteiger partial charge in [0.15, 0.2) is 5.54 Å². The number of carbonyl (C=O) groups is 2. The van der Waals surface area contributed by atoms with E-state index < -0.39 is 17.4 Å². The molecule has 0 radical (unpaired) electrons. The molecule has 1 fully saturated rings. The van der Waals surface area contributed by atoms with Crippen LogP contribution >= 0.6 is 0 Å². The van der Waals surface area contributed by atoms with Crippen molar-refractivity contribution in [1.82, 2.24) is 5.32 Å². The highest BCUT2D eigenvalue weighted by molar-refractivity contribution is 6.01. The van der Waals surface area contributed by atoms with Gasteiger partial charge in [0.05, 0.1) is 19.3 Å². The lowest BCUT2D eigenvalue weighted by Crippen LogP contribution is -2.55. The van der Waals surface area contributed by atoms with E-state index in [1.165, 1.54) is 0 Å². The van der Waals surface area contributed by atoms with E-state index >= 15 is 0 Å². The largest absolute Gasteiger partial charge is 0.497 e. The molecule has 3 rings (SSSR count). The molecule has 1 aromatic rings. The third-order valence-electron chi connectivity index (χ3n) is 4.01. The van der Waals surface area contributed by atoms with Crippen molar-refractivity contribution >= 4 is 18.0 Å². The Morgan fingerprint density at radius 2 is 2.22 bits per heavy atom. The lowest BCUT2D eigenvalue weighted by molar-refractivity contribution is -0.147. The van der Waals surface area contributed by atoms with Crippen molar-refractivity contribution in [2.45, 2.75) is 12.0 Å². The van der Waals surface area contributed by atoms with Gasteiger partial charge in [-0.2, -0.15) is 0 Å². The molecule has 1 atom stereocenters. The first kappa shape index (κ1) is 15.4. The number of ether oxygens (including phenoxy) is 3. The number of aliphatic carboxylic acids is 1. The second-order valence-corrected chi connectivity index (χ2v) is 5.51. The molecule has 2 heterocycles. The fourth-order valence-corrected chi connectivity index (χ4v) is 2.60. The first-order valence-corrected chi connectivity index (χ1v) is 7.19. The van der Waals surface area contributed by atoms with Gasteiger partial charge in [0.1, 0.15) is 18.1 Å². The molecule has 2 N–H and O–H groups in total. The Labute approximate surface area is 132 Å². The molecule has 0 saturated carbocycles. The number of methoxy groups -OCH3 is 1. The smallest absolute Gasteiger partial charge is 0.331 e. The number of nitrogens with one attached hydrogen (secondary N) is 1. The molecule has 7 nitrogen and oxygen atoms in total. The van der Waals surface area contributed by atoms with Crippen LogP contribution in [-0.4, -0.2) is 49.5 Å². The Morgan fingerprint density at radius 1 is 1.39 bits per heavy atom. The van der Waals surface area contributed by atoms with E-state index in [-0.39, 0.29) is 19.6 Å². The van der Waals surface area contributed by atoms with Gasteiger partial charge in [0.25, 0.3) is 5.91 Å². The van der Waals surface area contributed by atoms with Gasteiger partial charge >= 0.3 is 5.97 Å². The second-order valence-electron chi connectivity index (χ2n) is 5.51. The normalized spacial score (nSPS) is 22.6. The van der Waals surface area contributed by atoms with E-state index in [0.717, 1.165) is 0 Å².